The first-order valence-electron chi connectivity index (χ1n) is 10.3. The Morgan fingerprint density at radius 2 is 1.84 bits per heavy atom. The van der Waals surface area contributed by atoms with Gasteiger partial charge in [-0.15, -0.1) is 4.91 Å². The SMILES string of the molecule is O=Nc1c(C(CCC2CC=CC=N2)c2ccc(C(F)(F)F)cc2F)ccc2ccccc12. The number of fused-ring (bicyclic) bond motifs is 1. The van der Waals surface area contributed by atoms with Gasteiger partial charge in [0.05, 0.1) is 11.6 Å². The molecule has 0 bridgehead atoms. The van der Waals surface area contributed by atoms with E-state index in [1.807, 2.05) is 30.4 Å². The fraction of sp³-hybridized carbons (Fsp3) is 0.240. The Bertz CT molecular complexity index is 1200. The maximum absolute atomic E-state index is 15.0. The van der Waals surface area contributed by atoms with Crippen LogP contribution in [0.4, 0.5) is 23.2 Å². The van der Waals surface area contributed by atoms with Gasteiger partial charge in [-0.1, -0.05) is 48.5 Å². The summed E-state index contributed by atoms with van der Waals surface area (Å²) in [5, 5.41) is 4.66. The third kappa shape index (κ3) is 4.47. The maximum Gasteiger partial charge on any atom is 0.416 e. The van der Waals surface area contributed by atoms with Crippen LogP contribution in [0.25, 0.3) is 10.8 Å². The highest BCUT2D eigenvalue weighted by Gasteiger charge is 2.32. The van der Waals surface area contributed by atoms with E-state index in [1.165, 1.54) is 0 Å². The van der Waals surface area contributed by atoms with Crippen molar-refractivity contribution < 1.29 is 17.6 Å². The Balaban J connectivity index is 1.80. The van der Waals surface area contributed by atoms with Gasteiger partial charge >= 0.3 is 6.18 Å². The summed E-state index contributed by atoms with van der Waals surface area (Å²) in [6.07, 6.45) is 2.61. The first-order chi connectivity index (χ1) is 15.4. The number of halogens is 4. The van der Waals surface area contributed by atoms with Gasteiger partial charge in [-0.05, 0) is 59.2 Å². The molecule has 3 nitrogen and oxygen atoms in total. The normalized spacial score (nSPS) is 16.9. The quantitative estimate of drug-likeness (QED) is 0.286. The number of nitrogens with zero attached hydrogens (tertiary/aromatic N) is 2. The fourth-order valence-electron chi connectivity index (χ4n) is 4.20. The molecule has 0 spiro atoms. The third-order valence-electron chi connectivity index (χ3n) is 5.82. The van der Waals surface area contributed by atoms with Crippen LogP contribution in [0.15, 0.2) is 76.9 Å². The predicted octanol–water partition coefficient (Wildman–Crippen LogP) is 7.71. The van der Waals surface area contributed by atoms with Crippen LogP contribution in [0.1, 0.15) is 41.9 Å². The molecular weight excluding hydrogens is 420 g/mol. The fourth-order valence-corrected chi connectivity index (χ4v) is 4.20. The minimum atomic E-state index is -4.64. The highest BCUT2D eigenvalue weighted by Crippen LogP contribution is 2.42. The van der Waals surface area contributed by atoms with E-state index < -0.39 is 23.5 Å². The molecule has 0 amide bonds. The lowest BCUT2D eigenvalue weighted by Crippen LogP contribution is -2.12. The molecule has 1 heterocycles. The molecule has 3 aromatic rings. The van der Waals surface area contributed by atoms with Crippen molar-refractivity contribution in [3.05, 3.63) is 94.2 Å². The van der Waals surface area contributed by atoms with Crippen LogP contribution >= 0.6 is 0 Å². The Hall–Kier alpha value is -3.35. The summed E-state index contributed by atoms with van der Waals surface area (Å²) in [5.41, 5.74) is -0.271. The average Bonchev–Trinajstić information content (AvgIpc) is 2.79. The predicted molar refractivity (Wildman–Crippen MR) is 118 cm³/mol. The van der Waals surface area contributed by atoms with E-state index >= 15 is 0 Å². The molecule has 0 aliphatic carbocycles. The van der Waals surface area contributed by atoms with E-state index in [1.54, 1.807) is 24.4 Å². The lowest BCUT2D eigenvalue weighted by Gasteiger charge is -2.23. The molecule has 0 fully saturated rings. The molecule has 0 radical (unpaired) electrons. The second kappa shape index (κ2) is 9.02. The van der Waals surface area contributed by atoms with E-state index in [9.17, 15) is 22.5 Å². The largest absolute Gasteiger partial charge is 0.416 e. The number of aliphatic imine (C=N–C) groups is 1. The lowest BCUT2D eigenvalue weighted by molar-refractivity contribution is -0.137. The second-order valence-corrected chi connectivity index (χ2v) is 7.80. The number of nitroso groups, excluding NO2 is 1. The molecule has 3 aromatic carbocycles. The van der Waals surface area contributed by atoms with Gasteiger partial charge in [0, 0.05) is 17.5 Å². The zero-order valence-corrected chi connectivity index (χ0v) is 17.0. The second-order valence-electron chi connectivity index (χ2n) is 7.80. The van der Waals surface area contributed by atoms with Gasteiger partial charge < -0.3 is 0 Å². The van der Waals surface area contributed by atoms with Gasteiger partial charge in [-0.25, -0.2) is 4.39 Å². The molecule has 32 heavy (non-hydrogen) atoms. The van der Waals surface area contributed by atoms with Crippen LogP contribution in [0.5, 0.6) is 0 Å². The van der Waals surface area contributed by atoms with Gasteiger partial charge in [-0.3, -0.25) is 4.99 Å². The Labute approximate surface area is 182 Å². The monoisotopic (exact) mass is 440 g/mol. The Morgan fingerprint density at radius 3 is 2.53 bits per heavy atom. The standard InChI is InChI=1S/C25H20F4N2O/c26-23-15-17(25(27,28)29)9-12-21(23)20(13-10-18-6-3-4-14-30-18)22-11-8-16-5-1-2-7-19(16)24(22)31-32/h1-5,7-9,11-12,14-15,18,20H,6,10,13H2. The van der Waals surface area contributed by atoms with Gasteiger partial charge in [-0.2, -0.15) is 13.2 Å². The number of rotatable bonds is 6. The molecule has 2 unspecified atom stereocenters. The number of hydrogen-bond donors (Lipinski definition) is 0. The summed E-state index contributed by atoms with van der Waals surface area (Å²) < 4.78 is 54.2. The third-order valence-corrected chi connectivity index (χ3v) is 5.82. The highest BCUT2D eigenvalue weighted by molar-refractivity contribution is 5.94. The van der Waals surface area contributed by atoms with Crippen molar-refractivity contribution in [1.82, 2.24) is 0 Å². The van der Waals surface area contributed by atoms with Gasteiger partial charge in [0.2, 0.25) is 0 Å². The first-order valence-corrected chi connectivity index (χ1v) is 10.3. The number of alkyl halides is 3. The molecule has 7 heteroatoms. The van der Waals surface area contributed by atoms with Crippen LogP contribution in [0.3, 0.4) is 0 Å². The van der Waals surface area contributed by atoms with Crippen molar-refractivity contribution in [3.8, 4) is 0 Å². The van der Waals surface area contributed by atoms with E-state index in [0.29, 0.717) is 29.9 Å². The van der Waals surface area contributed by atoms with Crippen molar-refractivity contribution in [2.75, 3.05) is 0 Å². The molecule has 4 rings (SSSR count). The minimum Gasteiger partial charge on any atom is -0.290 e. The molecule has 2 atom stereocenters. The van der Waals surface area contributed by atoms with Crippen molar-refractivity contribution in [2.45, 2.75) is 37.4 Å². The minimum absolute atomic E-state index is 0.00638. The molecule has 164 valence electrons. The van der Waals surface area contributed by atoms with Crippen molar-refractivity contribution in [3.63, 3.8) is 0 Å². The molecular formula is C25H20F4N2O. The summed E-state index contributed by atoms with van der Waals surface area (Å²) in [6, 6.07) is 13.3. The van der Waals surface area contributed by atoms with Gasteiger partial charge in [0.15, 0.2) is 0 Å². The van der Waals surface area contributed by atoms with Crippen molar-refractivity contribution in [2.24, 2.45) is 10.2 Å². The summed E-state index contributed by atoms with van der Waals surface area (Å²) in [4.78, 5) is 16.2. The average molecular weight is 440 g/mol. The number of hydrogen-bond acceptors (Lipinski definition) is 3. The number of benzene rings is 3. The summed E-state index contributed by atoms with van der Waals surface area (Å²) in [6.45, 7) is 0. The molecule has 0 aromatic heterocycles. The number of dihydropyridines is 1. The molecule has 0 saturated heterocycles. The molecule has 1 aliphatic rings. The van der Waals surface area contributed by atoms with Crippen LogP contribution < -0.4 is 0 Å². The van der Waals surface area contributed by atoms with E-state index in [0.717, 1.165) is 23.9 Å². The summed E-state index contributed by atoms with van der Waals surface area (Å²) >= 11 is 0. The first kappa shape index (κ1) is 21.9. The van der Waals surface area contributed by atoms with E-state index in [-0.39, 0.29) is 17.3 Å². The van der Waals surface area contributed by atoms with Crippen LogP contribution in [0, 0.1) is 10.7 Å². The van der Waals surface area contributed by atoms with Crippen molar-refractivity contribution >= 4 is 22.7 Å². The smallest absolute Gasteiger partial charge is 0.290 e. The van der Waals surface area contributed by atoms with Gasteiger partial charge in [0.25, 0.3) is 0 Å². The summed E-state index contributed by atoms with van der Waals surface area (Å²) in [7, 11) is 0. The Morgan fingerprint density at radius 1 is 1.06 bits per heavy atom. The zero-order valence-electron chi connectivity index (χ0n) is 17.0. The molecule has 0 N–H and O–H groups in total. The highest BCUT2D eigenvalue weighted by atomic mass is 19.4. The van der Waals surface area contributed by atoms with E-state index in [2.05, 4.69) is 10.2 Å². The lowest BCUT2D eigenvalue weighted by atomic mass is 9.83. The zero-order chi connectivity index (χ0) is 22.7. The van der Waals surface area contributed by atoms with Crippen LogP contribution in [-0.4, -0.2) is 12.3 Å². The van der Waals surface area contributed by atoms with Crippen LogP contribution in [0.2, 0.25) is 0 Å². The number of allylic oxidation sites excluding steroid dienone is 1. The van der Waals surface area contributed by atoms with Crippen molar-refractivity contribution in [1.29, 1.82) is 0 Å². The molecule has 0 saturated carbocycles. The van der Waals surface area contributed by atoms with E-state index in [4.69, 9.17) is 0 Å². The topological polar surface area (TPSA) is 41.8 Å². The van der Waals surface area contributed by atoms with Crippen LogP contribution in [-0.2, 0) is 6.18 Å². The summed E-state index contributed by atoms with van der Waals surface area (Å²) in [5.74, 6) is -1.60. The van der Waals surface area contributed by atoms with Gasteiger partial charge in [0.1, 0.15) is 11.5 Å². The molecule has 1 aliphatic heterocycles. The maximum atomic E-state index is 15.0. The Kier molecular flexibility index (Phi) is 6.17.